The molecule has 0 unspecified atom stereocenters. The third kappa shape index (κ3) is 3.62. The molecule has 0 aliphatic carbocycles. The molecule has 0 saturated carbocycles. The average Bonchev–Trinajstić information content (AvgIpc) is 2.52. The molecule has 110 valence electrons. The Kier molecular flexibility index (Phi) is 4.61. The molecule has 0 atom stereocenters. The van der Waals surface area contributed by atoms with Crippen molar-refractivity contribution < 1.29 is 5.21 Å². The third-order valence-corrected chi connectivity index (χ3v) is 3.11. The summed E-state index contributed by atoms with van der Waals surface area (Å²) in [6, 6.07) is 11.8. The van der Waals surface area contributed by atoms with Gasteiger partial charge in [-0.15, -0.1) is 0 Å². The van der Waals surface area contributed by atoms with Crippen LogP contribution in [0.25, 0.3) is 0 Å². The standard InChI is InChI=1S/C15H19N5O/c1-20(2)13-7-5-12(6-8-13)18-10-11-4-3-9-17-14(11)15(16)19-21/h3-9,18,21H,10H2,1-2H3,(H2,16,19). The van der Waals surface area contributed by atoms with E-state index in [0.29, 0.717) is 12.2 Å². The van der Waals surface area contributed by atoms with E-state index in [-0.39, 0.29) is 5.84 Å². The van der Waals surface area contributed by atoms with E-state index in [4.69, 9.17) is 10.9 Å². The molecule has 1 aromatic heterocycles. The molecule has 0 fully saturated rings. The van der Waals surface area contributed by atoms with Crippen molar-refractivity contribution in [3.05, 3.63) is 53.9 Å². The van der Waals surface area contributed by atoms with Gasteiger partial charge < -0.3 is 21.2 Å². The fraction of sp³-hybridized carbons (Fsp3) is 0.200. The molecule has 21 heavy (non-hydrogen) atoms. The molecule has 4 N–H and O–H groups in total. The monoisotopic (exact) mass is 285 g/mol. The van der Waals surface area contributed by atoms with Gasteiger partial charge in [0.1, 0.15) is 5.69 Å². The number of nitrogens with two attached hydrogens (primary N) is 1. The van der Waals surface area contributed by atoms with Gasteiger partial charge in [-0.1, -0.05) is 11.2 Å². The highest BCUT2D eigenvalue weighted by Gasteiger charge is 2.07. The number of oxime groups is 1. The molecule has 0 amide bonds. The largest absolute Gasteiger partial charge is 0.409 e. The van der Waals surface area contributed by atoms with Crippen molar-refractivity contribution in [2.45, 2.75) is 6.54 Å². The number of nitrogens with zero attached hydrogens (tertiary/aromatic N) is 3. The number of aromatic nitrogens is 1. The molecule has 0 spiro atoms. The molecule has 2 rings (SSSR count). The quantitative estimate of drug-likeness (QED) is 0.338. The van der Waals surface area contributed by atoms with Gasteiger partial charge in [-0.05, 0) is 30.3 Å². The summed E-state index contributed by atoms with van der Waals surface area (Å²) in [6.45, 7) is 0.542. The molecule has 1 aromatic carbocycles. The first-order valence-electron chi connectivity index (χ1n) is 6.55. The maximum atomic E-state index is 8.78. The minimum Gasteiger partial charge on any atom is -0.409 e. The number of amidine groups is 1. The number of pyridine rings is 1. The lowest BCUT2D eigenvalue weighted by Crippen LogP contribution is -2.18. The Balaban J connectivity index is 2.10. The van der Waals surface area contributed by atoms with Gasteiger partial charge in [-0.2, -0.15) is 0 Å². The van der Waals surface area contributed by atoms with Gasteiger partial charge in [-0.3, -0.25) is 4.98 Å². The summed E-state index contributed by atoms with van der Waals surface area (Å²) in [5.74, 6) is 0.00959. The number of anilines is 2. The molecule has 0 radical (unpaired) electrons. The smallest absolute Gasteiger partial charge is 0.189 e. The SMILES string of the molecule is CN(C)c1ccc(NCc2cccnc2C(N)=NO)cc1. The lowest BCUT2D eigenvalue weighted by Gasteiger charge is -2.14. The van der Waals surface area contributed by atoms with Gasteiger partial charge in [0.05, 0.1) is 0 Å². The summed E-state index contributed by atoms with van der Waals surface area (Å²) in [4.78, 5) is 6.18. The number of rotatable bonds is 5. The second kappa shape index (κ2) is 6.60. The molecule has 0 saturated heterocycles. The van der Waals surface area contributed by atoms with E-state index < -0.39 is 0 Å². The van der Waals surface area contributed by atoms with Gasteiger partial charge in [0, 0.05) is 43.8 Å². The summed E-state index contributed by atoms with van der Waals surface area (Å²) in [7, 11) is 4.00. The topological polar surface area (TPSA) is 86.8 Å². The van der Waals surface area contributed by atoms with Crippen LogP contribution >= 0.6 is 0 Å². The zero-order chi connectivity index (χ0) is 15.2. The Morgan fingerprint density at radius 2 is 2.00 bits per heavy atom. The van der Waals surface area contributed by atoms with Crippen molar-refractivity contribution in [1.29, 1.82) is 0 Å². The normalized spacial score (nSPS) is 11.2. The van der Waals surface area contributed by atoms with E-state index >= 15 is 0 Å². The molecule has 6 nitrogen and oxygen atoms in total. The second-order valence-electron chi connectivity index (χ2n) is 4.79. The number of benzene rings is 1. The Morgan fingerprint density at radius 1 is 1.29 bits per heavy atom. The summed E-state index contributed by atoms with van der Waals surface area (Å²) in [5, 5.41) is 15.1. The average molecular weight is 285 g/mol. The molecule has 0 aliphatic rings. The van der Waals surface area contributed by atoms with Crippen LogP contribution in [0.3, 0.4) is 0 Å². The van der Waals surface area contributed by atoms with Gasteiger partial charge in [0.2, 0.25) is 0 Å². The van der Waals surface area contributed by atoms with Crippen molar-refractivity contribution in [2.24, 2.45) is 10.9 Å². The first kappa shape index (κ1) is 14.6. The van der Waals surface area contributed by atoms with Crippen LogP contribution in [0.1, 0.15) is 11.3 Å². The van der Waals surface area contributed by atoms with E-state index in [1.807, 2.05) is 55.4 Å². The lowest BCUT2D eigenvalue weighted by molar-refractivity contribution is 0.318. The highest BCUT2D eigenvalue weighted by atomic mass is 16.4. The highest BCUT2D eigenvalue weighted by Crippen LogP contribution is 2.17. The van der Waals surface area contributed by atoms with Crippen LogP contribution in [0.2, 0.25) is 0 Å². The van der Waals surface area contributed by atoms with Crippen LogP contribution in [0, 0.1) is 0 Å². The summed E-state index contributed by atoms with van der Waals surface area (Å²) in [6.07, 6.45) is 1.61. The van der Waals surface area contributed by atoms with Gasteiger partial charge in [0.25, 0.3) is 0 Å². The lowest BCUT2D eigenvalue weighted by atomic mass is 10.1. The Bertz CT molecular complexity index is 622. The van der Waals surface area contributed by atoms with Gasteiger partial charge in [0.15, 0.2) is 5.84 Å². The van der Waals surface area contributed by atoms with E-state index in [2.05, 4.69) is 15.5 Å². The Labute approximate surface area is 123 Å². The molecule has 2 aromatic rings. The number of hydrogen-bond acceptors (Lipinski definition) is 5. The fourth-order valence-electron chi connectivity index (χ4n) is 1.93. The van der Waals surface area contributed by atoms with Crippen LogP contribution < -0.4 is 16.0 Å². The van der Waals surface area contributed by atoms with Crippen LogP contribution in [-0.4, -0.2) is 30.1 Å². The predicted molar refractivity (Wildman–Crippen MR) is 84.8 cm³/mol. The van der Waals surface area contributed by atoms with Crippen molar-refractivity contribution in [2.75, 3.05) is 24.3 Å². The first-order valence-corrected chi connectivity index (χ1v) is 6.55. The molecule has 0 bridgehead atoms. The maximum absolute atomic E-state index is 8.78. The molecule has 0 aliphatic heterocycles. The summed E-state index contributed by atoms with van der Waals surface area (Å²) >= 11 is 0. The fourth-order valence-corrected chi connectivity index (χ4v) is 1.93. The van der Waals surface area contributed by atoms with Crippen LogP contribution in [0.5, 0.6) is 0 Å². The number of hydrogen-bond donors (Lipinski definition) is 3. The third-order valence-electron chi connectivity index (χ3n) is 3.11. The van der Waals surface area contributed by atoms with E-state index in [1.54, 1.807) is 6.20 Å². The predicted octanol–water partition coefficient (Wildman–Crippen LogP) is 1.85. The molecule has 6 heteroatoms. The molecule has 1 heterocycles. The van der Waals surface area contributed by atoms with Gasteiger partial charge in [-0.25, -0.2) is 0 Å². The Morgan fingerprint density at radius 3 is 2.62 bits per heavy atom. The van der Waals surface area contributed by atoms with E-state index in [9.17, 15) is 0 Å². The van der Waals surface area contributed by atoms with Crippen LogP contribution in [-0.2, 0) is 6.54 Å². The minimum atomic E-state index is 0.00959. The highest BCUT2D eigenvalue weighted by molar-refractivity contribution is 5.96. The van der Waals surface area contributed by atoms with Crippen LogP contribution in [0.15, 0.2) is 47.8 Å². The van der Waals surface area contributed by atoms with Crippen molar-refractivity contribution >= 4 is 17.2 Å². The number of nitrogens with one attached hydrogen (secondary N) is 1. The van der Waals surface area contributed by atoms with Crippen molar-refractivity contribution in [3.63, 3.8) is 0 Å². The molecular formula is C15H19N5O. The summed E-state index contributed by atoms with van der Waals surface area (Å²) < 4.78 is 0. The van der Waals surface area contributed by atoms with E-state index in [1.165, 1.54) is 0 Å². The maximum Gasteiger partial charge on any atom is 0.189 e. The minimum absolute atomic E-state index is 0.00959. The van der Waals surface area contributed by atoms with E-state index in [0.717, 1.165) is 16.9 Å². The van der Waals surface area contributed by atoms with Gasteiger partial charge >= 0.3 is 0 Å². The summed E-state index contributed by atoms with van der Waals surface area (Å²) in [5.41, 5.74) is 9.10. The van der Waals surface area contributed by atoms with Crippen LogP contribution in [0.4, 0.5) is 11.4 Å². The van der Waals surface area contributed by atoms with Crippen molar-refractivity contribution in [1.82, 2.24) is 4.98 Å². The second-order valence-corrected chi connectivity index (χ2v) is 4.79. The van der Waals surface area contributed by atoms with Crippen molar-refractivity contribution in [3.8, 4) is 0 Å². The zero-order valence-corrected chi connectivity index (χ0v) is 12.1. The first-order chi connectivity index (χ1) is 10.1. The zero-order valence-electron chi connectivity index (χ0n) is 12.1. The Hall–Kier alpha value is -2.76. The molecular weight excluding hydrogens is 266 g/mol.